The fourth-order valence-corrected chi connectivity index (χ4v) is 5.43. The number of esters is 1. The molecule has 1 aromatic carbocycles. The number of anilines is 3. The maximum absolute atomic E-state index is 12.5. The van der Waals surface area contributed by atoms with Crippen LogP contribution in [0.2, 0.25) is 0 Å². The molecule has 0 bridgehead atoms. The molecule has 158 valence electrons. The van der Waals surface area contributed by atoms with Crippen LogP contribution in [-0.4, -0.2) is 28.9 Å². The summed E-state index contributed by atoms with van der Waals surface area (Å²) in [5.74, 6) is -1.81. The van der Waals surface area contributed by atoms with E-state index in [4.69, 9.17) is 10.5 Å². The SMILES string of the molecule is CC(OC(=O)c1cc2sc(Nc3ccccc3)nc2s1)C(=O)Nc1sccc1C(N)=O. The van der Waals surface area contributed by atoms with Crippen molar-refractivity contribution >= 4 is 77.1 Å². The van der Waals surface area contributed by atoms with Crippen LogP contribution in [0.1, 0.15) is 27.0 Å². The molecule has 8 nitrogen and oxygen atoms in total. The molecule has 11 heteroatoms. The van der Waals surface area contributed by atoms with Gasteiger partial charge in [0.1, 0.15) is 14.7 Å². The summed E-state index contributed by atoms with van der Waals surface area (Å²) in [6, 6.07) is 12.9. The number of hydrogen-bond acceptors (Lipinski definition) is 9. The molecule has 0 radical (unpaired) electrons. The van der Waals surface area contributed by atoms with Crippen molar-refractivity contribution in [3.63, 3.8) is 0 Å². The molecular formula is C20H16N4O4S3. The first-order chi connectivity index (χ1) is 14.9. The summed E-state index contributed by atoms with van der Waals surface area (Å²) in [7, 11) is 0. The number of nitrogens with zero attached hydrogens (tertiary/aromatic N) is 1. The summed E-state index contributed by atoms with van der Waals surface area (Å²) in [6.07, 6.45) is -1.06. The van der Waals surface area contributed by atoms with E-state index in [-0.39, 0.29) is 5.56 Å². The van der Waals surface area contributed by atoms with E-state index in [0.29, 0.717) is 14.7 Å². The van der Waals surface area contributed by atoms with Gasteiger partial charge in [-0.3, -0.25) is 9.59 Å². The zero-order valence-corrected chi connectivity index (χ0v) is 18.5. The van der Waals surface area contributed by atoms with E-state index in [2.05, 4.69) is 15.6 Å². The monoisotopic (exact) mass is 472 g/mol. The molecule has 3 heterocycles. The Bertz CT molecular complexity index is 1230. The highest BCUT2D eigenvalue weighted by Gasteiger charge is 2.23. The van der Waals surface area contributed by atoms with Gasteiger partial charge in [0.25, 0.3) is 11.8 Å². The minimum Gasteiger partial charge on any atom is -0.448 e. The number of amides is 2. The first-order valence-electron chi connectivity index (χ1n) is 9.02. The summed E-state index contributed by atoms with van der Waals surface area (Å²) < 4.78 is 6.13. The number of nitrogens with one attached hydrogen (secondary N) is 2. The second-order valence-electron chi connectivity index (χ2n) is 6.35. The first-order valence-corrected chi connectivity index (χ1v) is 11.5. The first kappa shape index (κ1) is 21.0. The van der Waals surface area contributed by atoms with Crippen LogP contribution in [-0.2, 0) is 9.53 Å². The van der Waals surface area contributed by atoms with E-state index < -0.39 is 23.9 Å². The number of para-hydroxylation sites is 1. The third-order valence-corrected chi connectivity index (χ3v) is 7.02. The maximum Gasteiger partial charge on any atom is 0.349 e. The van der Waals surface area contributed by atoms with Gasteiger partial charge >= 0.3 is 5.97 Å². The molecule has 2 amide bonds. The lowest BCUT2D eigenvalue weighted by molar-refractivity contribution is -0.123. The Morgan fingerprint density at radius 1 is 1.13 bits per heavy atom. The van der Waals surface area contributed by atoms with Crippen molar-refractivity contribution in [3.8, 4) is 0 Å². The predicted molar refractivity (Wildman–Crippen MR) is 124 cm³/mol. The molecule has 0 aliphatic rings. The Hall–Kier alpha value is -3.28. The van der Waals surface area contributed by atoms with Gasteiger partial charge in [-0.05, 0) is 36.6 Å². The molecule has 1 unspecified atom stereocenters. The minimum atomic E-state index is -1.06. The topological polar surface area (TPSA) is 123 Å². The number of thiazole rings is 1. The highest BCUT2D eigenvalue weighted by Crippen LogP contribution is 2.34. The second kappa shape index (κ2) is 8.84. The highest BCUT2D eigenvalue weighted by atomic mass is 32.1. The molecule has 1 atom stereocenters. The van der Waals surface area contributed by atoms with Crippen molar-refractivity contribution in [2.75, 3.05) is 10.6 Å². The molecule has 4 aromatic rings. The van der Waals surface area contributed by atoms with E-state index in [0.717, 1.165) is 26.9 Å². The summed E-state index contributed by atoms with van der Waals surface area (Å²) in [6.45, 7) is 1.46. The maximum atomic E-state index is 12.5. The molecule has 4 rings (SSSR count). The quantitative estimate of drug-likeness (QED) is 0.342. The summed E-state index contributed by atoms with van der Waals surface area (Å²) in [5.41, 5.74) is 6.41. The smallest absolute Gasteiger partial charge is 0.349 e. The van der Waals surface area contributed by atoms with Gasteiger partial charge in [0.05, 0.1) is 10.3 Å². The Morgan fingerprint density at radius 2 is 1.90 bits per heavy atom. The van der Waals surface area contributed by atoms with Gasteiger partial charge in [-0.1, -0.05) is 29.5 Å². The van der Waals surface area contributed by atoms with Crippen LogP contribution in [0.3, 0.4) is 0 Å². The lowest BCUT2D eigenvalue weighted by atomic mass is 10.3. The number of rotatable bonds is 7. The van der Waals surface area contributed by atoms with Gasteiger partial charge in [-0.15, -0.1) is 22.7 Å². The normalized spacial score (nSPS) is 11.8. The molecule has 31 heavy (non-hydrogen) atoms. The zero-order valence-electron chi connectivity index (χ0n) is 16.1. The lowest BCUT2D eigenvalue weighted by Gasteiger charge is -2.12. The molecule has 3 aromatic heterocycles. The van der Waals surface area contributed by atoms with E-state index in [1.165, 1.54) is 35.7 Å². The van der Waals surface area contributed by atoms with Crippen LogP contribution in [0.25, 0.3) is 9.53 Å². The molecule has 0 aliphatic heterocycles. The highest BCUT2D eigenvalue weighted by molar-refractivity contribution is 7.29. The van der Waals surface area contributed by atoms with Crippen molar-refractivity contribution in [1.82, 2.24) is 4.98 Å². The molecule has 0 saturated heterocycles. The van der Waals surface area contributed by atoms with Gasteiger partial charge < -0.3 is 21.1 Å². The van der Waals surface area contributed by atoms with Crippen LogP contribution in [0.4, 0.5) is 15.8 Å². The van der Waals surface area contributed by atoms with Crippen molar-refractivity contribution in [3.05, 3.63) is 58.3 Å². The van der Waals surface area contributed by atoms with E-state index in [9.17, 15) is 14.4 Å². The van der Waals surface area contributed by atoms with Gasteiger partial charge in [-0.2, -0.15) is 0 Å². The molecular weight excluding hydrogens is 456 g/mol. The Balaban J connectivity index is 1.39. The minimum absolute atomic E-state index is 0.210. The Kier molecular flexibility index (Phi) is 5.98. The largest absolute Gasteiger partial charge is 0.448 e. The number of carbonyl (C=O) groups excluding carboxylic acids is 3. The number of ether oxygens (including phenoxy) is 1. The van der Waals surface area contributed by atoms with Gasteiger partial charge in [0.2, 0.25) is 0 Å². The number of thiophene rings is 2. The molecule has 0 saturated carbocycles. The number of fused-ring (bicyclic) bond motifs is 1. The van der Waals surface area contributed by atoms with Crippen LogP contribution < -0.4 is 16.4 Å². The van der Waals surface area contributed by atoms with Crippen molar-refractivity contribution in [2.24, 2.45) is 5.73 Å². The Morgan fingerprint density at radius 3 is 2.61 bits per heavy atom. The number of aromatic nitrogens is 1. The van der Waals surface area contributed by atoms with E-state index in [1.807, 2.05) is 30.3 Å². The average molecular weight is 473 g/mol. The number of primary amides is 1. The van der Waals surface area contributed by atoms with Crippen molar-refractivity contribution in [2.45, 2.75) is 13.0 Å². The summed E-state index contributed by atoms with van der Waals surface area (Å²) >= 11 is 3.78. The zero-order chi connectivity index (χ0) is 22.0. The third-order valence-electron chi connectivity index (χ3n) is 4.14. The van der Waals surface area contributed by atoms with Gasteiger partial charge in [0, 0.05) is 5.69 Å². The number of nitrogens with two attached hydrogens (primary N) is 1. The van der Waals surface area contributed by atoms with Gasteiger partial charge in [-0.25, -0.2) is 9.78 Å². The lowest BCUT2D eigenvalue weighted by Crippen LogP contribution is -2.30. The van der Waals surface area contributed by atoms with E-state index >= 15 is 0 Å². The predicted octanol–water partition coefficient (Wildman–Crippen LogP) is 4.45. The van der Waals surface area contributed by atoms with Gasteiger partial charge in [0.15, 0.2) is 11.2 Å². The molecule has 0 fully saturated rings. The molecule has 0 aliphatic carbocycles. The number of carbonyl (C=O) groups is 3. The van der Waals surface area contributed by atoms with Crippen LogP contribution in [0.5, 0.6) is 0 Å². The number of hydrogen-bond donors (Lipinski definition) is 3. The van der Waals surface area contributed by atoms with Crippen LogP contribution in [0, 0.1) is 0 Å². The Labute approximate surface area is 188 Å². The summed E-state index contributed by atoms with van der Waals surface area (Å²) in [4.78, 5) is 41.7. The standard InChI is InChI=1S/C20H16N4O4S3/c1-10(16(26)23-17-12(15(21)25)7-8-29-17)28-19(27)14-9-13-18(30-14)24-20(31-13)22-11-5-3-2-4-6-11/h2-10H,1H3,(H2,21,25)(H,22,24)(H,23,26). The third kappa shape index (κ3) is 4.74. The fraction of sp³-hybridized carbons (Fsp3) is 0.100. The fourth-order valence-electron chi connectivity index (χ4n) is 2.62. The number of benzene rings is 1. The van der Waals surface area contributed by atoms with Crippen molar-refractivity contribution in [1.29, 1.82) is 0 Å². The molecule has 0 spiro atoms. The van der Waals surface area contributed by atoms with E-state index in [1.54, 1.807) is 11.4 Å². The summed E-state index contributed by atoms with van der Waals surface area (Å²) in [5, 5.41) is 8.47. The van der Waals surface area contributed by atoms with Crippen LogP contribution >= 0.6 is 34.0 Å². The average Bonchev–Trinajstić information content (AvgIpc) is 3.43. The molecule has 4 N–H and O–H groups in total. The van der Waals surface area contributed by atoms with Crippen LogP contribution in [0.15, 0.2) is 47.8 Å². The second-order valence-corrected chi connectivity index (χ2v) is 9.33. The van der Waals surface area contributed by atoms with Crippen molar-refractivity contribution < 1.29 is 19.1 Å².